The Balaban J connectivity index is 1.43. The first-order valence-electron chi connectivity index (χ1n) is 11.3. The van der Waals surface area contributed by atoms with Gasteiger partial charge in [0.1, 0.15) is 5.75 Å². The first-order valence-corrected chi connectivity index (χ1v) is 12.5. The van der Waals surface area contributed by atoms with Crippen LogP contribution in [0.4, 0.5) is 27.6 Å². The van der Waals surface area contributed by atoms with E-state index in [4.69, 9.17) is 0 Å². The summed E-state index contributed by atoms with van der Waals surface area (Å²) < 4.78 is 71.2. The quantitative estimate of drug-likeness (QED) is 0.496. The van der Waals surface area contributed by atoms with E-state index in [2.05, 4.69) is 15.0 Å². The number of anilines is 1. The van der Waals surface area contributed by atoms with Crippen molar-refractivity contribution in [3.8, 4) is 5.75 Å². The third kappa shape index (κ3) is 6.17. The summed E-state index contributed by atoms with van der Waals surface area (Å²) in [6.45, 7) is -2.90. The number of thioether (sulfide) groups is 1. The lowest BCUT2D eigenvalue weighted by Gasteiger charge is -2.33. The van der Waals surface area contributed by atoms with E-state index in [1.807, 2.05) is 0 Å². The number of rotatable bonds is 7. The van der Waals surface area contributed by atoms with E-state index in [0.29, 0.717) is 31.4 Å². The largest absolute Gasteiger partial charge is 0.435 e. The maximum atomic E-state index is 14.0. The maximum absolute atomic E-state index is 14.0. The van der Waals surface area contributed by atoms with Crippen LogP contribution >= 0.6 is 11.8 Å². The van der Waals surface area contributed by atoms with Crippen LogP contribution in [0.1, 0.15) is 35.7 Å². The molecule has 1 N–H and O–H groups in total. The first kappa shape index (κ1) is 25.5. The highest BCUT2D eigenvalue weighted by Crippen LogP contribution is 2.38. The lowest BCUT2D eigenvalue weighted by molar-refractivity contribution is -0.191. The molecule has 2 atom stereocenters. The number of amides is 1. The van der Waals surface area contributed by atoms with Crippen molar-refractivity contribution in [1.82, 2.24) is 9.88 Å². The fourth-order valence-corrected chi connectivity index (χ4v) is 5.81. The molecular formula is C24H26F5N3O2S. The monoisotopic (exact) mass is 515 g/mol. The number of hydrogen-bond donors (Lipinski definition) is 1. The summed E-state index contributed by atoms with van der Waals surface area (Å²) in [4.78, 5) is 17.6. The molecule has 4 rings (SSSR count). The predicted octanol–water partition coefficient (Wildman–Crippen LogP) is 5.47. The Morgan fingerprint density at radius 1 is 1.14 bits per heavy atom. The Hall–Kier alpha value is -2.56. The average molecular weight is 516 g/mol. The number of ether oxygens (including phenoxy) is 1. The molecule has 1 unspecified atom stereocenters. The van der Waals surface area contributed by atoms with Gasteiger partial charge in [-0.3, -0.25) is 9.78 Å². The fourth-order valence-electron chi connectivity index (χ4n) is 4.71. The van der Waals surface area contributed by atoms with Crippen molar-refractivity contribution in [1.29, 1.82) is 0 Å². The van der Waals surface area contributed by atoms with Crippen LogP contribution in [0.3, 0.4) is 0 Å². The molecule has 1 amide bonds. The summed E-state index contributed by atoms with van der Waals surface area (Å²) in [7, 11) is 1.19. The van der Waals surface area contributed by atoms with Gasteiger partial charge in [-0.2, -0.15) is 33.7 Å². The number of aromatic nitrogens is 1. The summed E-state index contributed by atoms with van der Waals surface area (Å²) >= 11 is 1.70. The Bertz CT molecular complexity index is 1030. The first-order chi connectivity index (χ1) is 16.6. The van der Waals surface area contributed by atoms with Gasteiger partial charge in [-0.15, -0.1) is 0 Å². The Morgan fingerprint density at radius 2 is 1.86 bits per heavy atom. The fraction of sp³-hybridized carbons (Fsp3) is 0.500. The molecule has 0 spiro atoms. The molecule has 0 radical (unpaired) electrons. The van der Waals surface area contributed by atoms with Gasteiger partial charge in [-0.1, -0.05) is 6.07 Å². The molecule has 5 nitrogen and oxygen atoms in total. The van der Waals surface area contributed by atoms with Crippen LogP contribution < -0.4 is 10.1 Å². The molecular weight excluding hydrogens is 489 g/mol. The highest BCUT2D eigenvalue weighted by Gasteiger charge is 2.47. The normalized spacial score (nSPS) is 19.3. The summed E-state index contributed by atoms with van der Waals surface area (Å²) in [6.07, 6.45) is -0.991. The third-order valence-corrected chi connectivity index (χ3v) is 7.44. The molecule has 0 saturated carbocycles. The molecule has 2 heterocycles. The summed E-state index contributed by atoms with van der Waals surface area (Å²) in [5.74, 6) is 0.725. The smallest absolute Gasteiger partial charge is 0.414 e. The summed E-state index contributed by atoms with van der Waals surface area (Å²) in [6, 6.07) is 5.43. The molecule has 1 aromatic heterocycles. The standard InChI is InChI=1S/C24H26F5N3O2S/c1-32(22(33)14-6-8-35-9-7-14)21(24(27,28)29)20-5-3-17(13-30-20)31-18-10-15-2-4-19(34-23(25)26)12-16(15)11-18/h2-5,12-14,18,21,23,31H,6-11H2,1H3/t18?,21-/m0/s1. The minimum Gasteiger partial charge on any atom is -0.435 e. The molecule has 1 saturated heterocycles. The van der Waals surface area contributed by atoms with Crippen LogP contribution in [-0.2, 0) is 17.6 Å². The number of pyridine rings is 1. The Kier molecular flexibility index (Phi) is 7.73. The SMILES string of the molecule is CN(C(=O)C1CCSCC1)[C@@H](c1ccc(NC2Cc3ccc(OC(F)F)cc3C2)cn1)C(F)(F)F. The molecule has 1 fully saturated rings. The van der Waals surface area contributed by atoms with E-state index in [1.54, 1.807) is 23.9 Å². The molecule has 1 aliphatic heterocycles. The topological polar surface area (TPSA) is 54.5 Å². The molecule has 2 aromatic rings. The zero-order valence-corrected chi connectivity index (χ0v) is 19.8. The highest BCUT2D eigenvalue weighted by molar-refractivity contribution is 7.99. The van der Waals surface area contributed by atoms with E-state index in [9.17, 15) is 26.7 Å². The number of halogens is 5. The van der Waals surface area contributed by atoms with Crippen molar-refractivity contribution >= 4 is 23.4 Å². The van der Waals surface area contributed by atoms with E-state index < -0.39 is 30.7 Å². The average Bonchev–Trinajstić information content (AvgIpc) is 3.20. The number of hydrogen-bond acceptors (Lipinski definition) is 5. The van der Waals surface area contributed by atoms with Crippen LogP contribution in [0.15, 0.2) is 36.5 Å². The van der Waals surface area contributed by atoms with Gasteiger partial charge in [0, 0.05) is 19.0 Å². The van der Waals surface area contributed by atoms with Gasteiger partial charge >= 0.3 is 12.8 Å². The van der Waals surface area contributed by atoms with Crippen LogP contribution in [-0.4, -0.2) is 53.2 Å². The summed E-state index contributed by atoms with van der Waals surface area (Å²) in [5, 5.41) is 3.24. The van der Waals surface area contributed by atoms with E-state index in [1.165, 1.54) is 31.4 Å². The second kappa shape index (κ2) is 10.6. The zero-order chi connectivity index (χ0) is 25.2. The minimum atomic E-state index is -4.67. The predicted molar refractivity (Wildman–Crippen MR) is 124 cm³/mol. The molecule has 190 valence electrons. The van der Waals surface area contributed by atoms with E-state index >= 15 is 0 Å². The van der Waals surface area contributed by atoms with Gasteiger partial charge in [0.2, 0.25) is 5.91 Å². The second-order valence-corrected chi connectivity index (χ2v) is 10.0. The molecule has 11 heteroatoms. The van der Waals surface area contributed by atoms with E-state index in [-0.39, 0.29) is 17.5 Å². The number of nitrogens with one attached hydrogen (secondary N) is 1. The van der Waals surface area contributed by atoms with Crippen LogP contribution in [0.5, 0.6) is 5.75 Å². The van der Waals surface area contributed by atoms with Gasteiger partial charge in [0.05, 0.1) is 17.6 Å². The van der Waals surface area contributed by atoms with Crippen molar-refractivity contribution in [2.45, 2.75) is 50.6 Å². The van der Waals surface area contributed by atoms with E-state index in [0.717, 1.165) is 27.5 Å². The maximum Gasteiger partial charge on any atom is 0.414 e. The van der Waals surface area contributed by atoms with Gasteiger partial charge < -0.3 is 15.0 Å². The van der Waals surface area contributed by atoms with Crippen molar-refractivity contribution < 1.29 is 31.5 Å². The third-order valence-electron chi connectivity index (χ3n) is 6.39. The van der Waals surface area contributed by atoms with Crippen molar-refractivity contribution in [2.24, 2.45) is 5.92 Å². The number of nitrogens with zero attached hydrogens (tertiary/aromatic N) is 2. The molecule has 35 heavy (non-hydrogen) atoms. The van der Waals surface area contributed by atoms with Crippen LogP contribution in [0.25, 0.3) is 0 Å². The summed E-state index contributed by atoms with van der Waals surface area (Å²) in [5.41, 5.74) is 2.16. The van der Waals surface area contributed by atoms with Gasteiger partial charge in [-0.25, -0.2) is 0 Å². The van der Waals surface area contributed by atoms with Crippen LogP contribution in [0.2, 0.25) is 0 Å². The zero-order valence-electron chi connectivity index (χ0n) is 19.0. The highest BCUT2D eigenvalue weighted by atomic mass is 32.2. The number of carbonyl (C=O) groups is 1. The number of fused-ring (bicyclic) bond motifs is 1. The lowest BCUT2D eigenvalue weighted by Crippen LogP contribution is -2.43. The van der Waals surface area contributed by atoms with Gasteiger partial charge in [0.25, 0.3) is 0 Å². The number of alkyl halides is 5. The van der Waals surface area contributed by atoms with Gasteiger partial charge in [0.15, 0.2) is 6.04 Å². The lowest BCUT2D eigenvalue weighted by atomic mass is 9.99. The molecule has 0 bridgehead atoms. The number of benzene rings is 1. The van der Waals surface area contributed by atoms with Crippen molar-refractivity contribution in [3.05, 3.63) is 53.3 Å². The Morgan fingerprint density at radius 3 is 2.49 bits per heavy atom. The molecule has 2 aliphatic rings. The molecule has 1 aromatic carbocycles. The second-order valence-electron chi connectivity index (χ2n) is 8.81. The van der Waals surface area contributed by atoms with Crippen molar-refractivity contribution in [2.75, 3.05) is 23.9 Å². The Labute approximate surface area is 204 Å². The number of carbonyl (C=O) groups excluding carboxylic acids is 1. The molecule has 1 aliphatic carbocycles. The van der Waals surface area contributed by atoms with Crippen LogP contribution in [0, 0.1) is 5.92 Å². The van der Waals surface area contributed by atoms with Gasteiger partial charge in [-0.05, 0) is 72.6 Å². The minimum absolute atomic E-state index is 0.0636. The van der Waals surface area contributed by atoms with Crippen molar-refractivity contribution in [3.63, 3.8) is 0 Å².